The number of rotatable bonds is 3. The first-order valence-corrected chi connectivity index (χ1v) is 8.00. The van der Waals surface area contributed by atoms with Gasteiger partial charge in [0.05, 0.1) is 12.7 Å². The van der Waals surface area contributed by atoms with E-state index >= 15 is 0 Å². The lowest BCUT2D eigenvalue weighted by Gasteiger charge is -2.37. The van der Waals surface area contributed by atoms with Gasteiger partial charge in [-0.2, -0.15) is 11.8 Å². The number of Topliss-reactive ketones (excluding diaryl/α,β-unsaturated/α-hetero) is 1. The molecule has 1 aromatic rings. The van der Waals surface area contributed by atoms with Crippen molar-refractivity contribution in [2.75, 3.05) is 25.2 Å². The Kier molecular flexibility index (Phi) is 3.94. The number of nitrogens with zero attached hydrogens (tertiary/aromatic N) is 2. The fourth-order valence-electron chi connectivity index (χ4n) is 2.91. The summed E-state index contributed by atoms with van der Waals surface area (Å²) in [5.41, 5.74) is 0.366. The smallest absolute Gasteiger partial charge is 0.216 e. The highest BCUT2D eigenvalue weighted by Crippen LogP contribution is 2.41. The van der Waals surface area contributed by atoms with Crippen LogP contribution in [0.25, 0.3) is 0 Å². The summed E-state index contributed by atoms with van der Waals surface area (Å²) < 4.78 is 11.0. The summed E-state index contributed by atoms with van der Waals surface area (Å²) in [6.45, 7) is 0.666. The van der Waals surface area contributed by atoms with E-state index in [1.807, 2.05) is 11.8 Å². The minimum absolute atomic E-state index is 0.00190. The quantitative estimate of drug-likeness (QED) is 0.794. The molecule has 0 aromatic carbocycles. The third-order valence-corrected chi connectivity index (χ3v) is 5.26. The van der Waals surface area contributed by atoms with Crippen LogP contribution in [0.2, 0.25) is 0 Å². The maximum Gasteiger partial charge on any atom is 0.216 e. The van der Waals surface area contributed by atoms with Crippen molar-refractivity contribution in [3.05, 3.63) is 18.1 Å². The van der Waals surface area contributed by atoms with Crippen LogP contribution >= 0.6 is 11.8 Å². The molecule has 20 heavy (non-hydrogen) atoms. The van der Waals surface area contributed by atoms with Crippen LogP contribution in [0, 0.1) is 5.92 Å². The molecule has 5 nitrogen and oxygen atoms in total. The van der Waals surface area contributed by atoms with Gasteiger partial charge in [0.25, 0.3) is 0 Å². The number of hydrogen-bond donors (Lipinski definition) is 0. The molecule has 2 fully saturated rings. The number of methoxy groups -OCH3 is 1. The van der Waals surface area contributed by atoms with Gasteiger partial charge < -0.3 is 9.47 Å². The van der Waals surface area contributed by atoms with Crippen LogP contribution in [0.1, 0.15) is 29.8 Å². The summed E-state index contributed by atoms with van der Waals surface area (Å²) >= 11 is 1.91. The molecular weight excluding hydrogens is 276 g/mol. The number of ether oxygens (including phenoxy) is 2. The highest BCUT2D eigenvalue weighted by Gasteiger charge is 2.42. The number of thioether (sulfide) groups is 1. The molecule has 2 aliphatic heterocycles. The van der Waals surface area contributed by atoms with Crippen molar-refractivity contribution < 1.29 is 14.3 Å². The van der Waals surface area contributed by atoms with Gasteiger partial charge in [-0.1, -0.05) is 0 Å². The van der Waals surface area contributed by atoms with E-state index in [9.17, 15) is 4.79 Å². The third kappa shape index (κ3) is 2.67. The average Bonchev–Trinajstić information content (AvgIpc) is 2.94. The molecule has 1 aromatic heterocycles. The van der Waals surface area contributed by atoms with Crippen LogP contribution in [-0.2, 0) is 4.74 Å². The van der Waals surface area contributed by atoms with E-state index in [4.69, 9.17) is 9.47 Å². The minimum Gasteiger partial charge on any atom is -0.481 e. The second-order valence-corrected chi connectivity index (χ2v) is 6.44. The average molecular weight is 294 g/mol. The predicted octanol–water partition coefficient (Wildman–Crippen LogP) is 1.97. The van der Waals surface area contributed by atoms with Gasteiger partial charge in [-0.3, -0.25) is 4.79 Å². The molecule has 2 aliphatic rings. The summed E-state index contributed by atoms with van der Waals surface area (Å²) in [7, 11) is 1.54. The van der Waals surface area contributed by atoms with Crippen molar-refractivity contribution >= 4 is 17.5 Å². The van der Waals surface area contributed by atoms with Crippen LogP contribution in [0.4, 0.5) is 0 Å². The van der Waals surface area contributed by atoms with Crippen molar-refractivity contribution in [2.45, 2.75) is 24.9 Å². The Balaban J connectivity index is 1.76. The first-order valence-electron chi connectivity index (χ1n) is 6.84. The summed E-state index contributed by atoms with van der Waals surface area (Å²) in [4.78, 5) is 20.6. The van der Waals surface area contributed by atoms with E-state index < -0.39 is 0 Å². The molecule has 0 saturated carbocycles. The highest BCUT2D eigenvalue weighted by atomic mass is 32.2. The Labute approximate surface area is 122 Å². The molecule has 3 heterocycles. The van der Waals surface area contributed by atoms with Gasteiger partial charge in [0.15, 0.2) is 5.78 Å². The van der Waals surface area contributed by atoms with Crippen LogP contribution in [0.3, 0.4) is 0 Å². The second-order valence-electron chi connectivity index (χ2n) is 5.33. The molecule has 108 valence electrons. The van der Waals surface area contributed by atoms with E-state index in [2.05, 4.69) is 9.97 Å². The standard InChI is InChI=1S/C14H18N2O3S/c1-18-12-6-11(15-9-16-12)13(17)10-2-4-19-14(7-10)3-5-20-8-14/h6,9-10H,2-5,7-8H2,1H3. The van der Waals surface area contributed by atoms with Crippen molar-refractivity contribution in [2.24, 2.45) is 5.92 Å². The number of carbonyl (C=O) groups excluding carboxylic acids is 1. The predicted molar refractivity (Wildman–Crippen MR) is 76.3 cm³/mol. The van der Waals surface area contributed by atoms with Gasteiger partial charge >= 0.3 is 0 Å². The van der Waals surface area contributed by atoms with Gasteiger partial charge in [0.2, 0.25) is 5.88 Å². The van der Waals surface area contributed by atoms with E-state index in [-0.39, 0.29) is 17.3 Å². The molecule has 1 spiro atoms. The van der Waals surface area contributed by atoms with Crippen LogP contribution in [-0.4, -0.2) is 46.6 Å². The van der Waals surface area contributed by atoms with Crippen molar-refractivity contribution in [1.29, 1.82) is 0 Å². The van der Waals surface area contributed by atoms with Crippen LogP contribution in [0.15, 0.2) is 12.4 Å². The topological polar surface area (TPSA) is 61.3 Å². The zero-order valence-electron chi connectivity index (χ0n) is 11.5. The Morgan fingerprint density at radius 3 is 3.20 bits per heavy atom. The minimum atomic E-state index is -0.0830. The van der Waals surface area contributed by atoms with Gasteiger partial charge in [-0.25, -0.2) is 9.97 Å². The molecule has 6 heteroatoms. The summed E-state index contributed by atoms with van der Waals surface area (Å²) in [6, 6.07) is 1.62. The first-order chi connectivity index (χ1) is 9.72. The normalized spacial score (nSPS) is 29.6. The Hall–Kier alpha value is -1.14. The number of aromatic nitrogens is 2. The monoisotopic (exact) mass is 294 g/mol. The molecule has 0 N–H and O–H groups in total. The molecule has 2 atom stereocenters. The maximum atomic E-state index is 12.6. The van der Waals surface area contributed by atoms with Gasteiger partial charge in [-0.15, -0.1) is 0 Å². The second kappa shape index (κ2) is 5.69. The first kappa shape index (κ1) is 13.8. The molecule has 2 unspecified atom stereocenters. The van der Waals surface area contributed by atoms with Crippen LogP contribution < -0.4 is 4.74 Å². The number of hydrogen-bond acceptors (Lipinski definition) is 6. The number of carbonyl (C=O) groups is 1. The van der Waals surface area contributed by atoms with Crippen molar-refractivity contribution in [3.8, 4) is 5.88 Å². The summed E-state index contributed by atoms with van der Waals surface area (Å²) in [6.07, 6.45) is 4.02. The largest absolute Gasteiger partial charge is 0.481 e. The van der Waals surface area contributed by atoms with Crippen molar-refractivity contribution in [3.63, 3.8) is 0 Å². The van der Waals surface area contributed by atoms with Gasteiger partial charge in [0.1, 0.15) is 12.0 Å². The summed E-state index contributed by atoms with van der Waals surface area (Å²) in [5, 5.41) is 0. The molecule has 2 saturated heterocycles. The molecule has 0 bridgehead atoms. The van der Waals surface area contributed by atoms with Gasteiger partial charge in [-0.05, 0) is 25.0 Å². The Morgan fingerprint density at radius 1 is 1.55 bits per heavy atom. The van der Waals surface area contributed by atoms with Crippen LogP contribution in [0.5, 0.6) is 5.88 Å². The van der Waals surface area contributed by atoms with Gasteiger partial charge in [0, 0.05) is 24.3 Å². The summed E-state index contributed by atoms with van der Waals surface area (Å²) in [5.74, 6) is 2.65. The zero-order valence-corrected chi connectivity index (χ0v) is 12.3. The van der Waals surface area contributed by atoms with E-state index in [0.29, 0.717) is 18.2 Å². The Morgan fingerprint density at radius 2 is 2.45 bits per heavy atom. The molecular formula is C14H18N2O3S. The lowest BCUT2D eigenvalue weighted by atomic mass is 9.82. The molecule has 0 radical (unpaired) electrons. The molecule has 0 aliphatic carbocycles. The maximum absolute atomic E-state index is 12.6. The van der Waals surface area contributed by atoms with E-state index in [1.54, 1.807) is 6.07 Å². The molecule has 0 amide bonds. The fourth-order valence-corrected chi connectivity index (χ4v) is 4.29. The van der Waals surface area contributed by atoms with E-state index in [0.717, 1.165) is 30.8 Å². The van der Waals surface area contributed by atoms with E-state index in [1.165, 1.54) is 13.4 Å². The SMILES string of the molecule is COc1cc(C(=O)C2CCOC3(CCSC3)C2)ncn1. The lowest BCUT2D eigenvalue weighted by Crippen LogP contribution is -2.42. The third-order valence-electron chi connectivity index (χ3n) is 4.03. The molecule has 3 rings (SSSR count). The fraction of sp³-hybridized carbons (Fsp3) is 0.643. The lowest BCUT2D eigenvalue weighted by molar-refractivity contribution is -0.0735. The highest BCUT2D eigenvalue weighted by molar-refractivity contribution is 7.99. The number of ketones is 1. The zero-order chi connectivity index (χ0) is 14.0. The Bertz CT molecular complexity index is 503. The van der Waals surface area contributed by atoms with Crippen molar-refractivity contribution in [1.82, 2.24) is 9.97 Å².